The lowest BCUT2D eigenvalue weighted by Crippen LogP contribution is -2.66. The minimum Gasteiger partial charge on any atom is -0.481 e. The smallest absolute Gasteiger partial charge is 0.306 e. The summed E-state index contributed by atoms with van der Waals surface area (Å²) in [6.07, 6.45) is 5.38. The largest absolute Gasteiger partial charge is 0.481 e. The highest BCUT2D eigenvalue weighted by Gasteiger charge is 2.47. The minimum absolute atomic E-state index is 0.0102. The Labute approximate surface area is 146 Å². The van der Waals surface area contributed by atoms with Crippen LogP contribution in [0.4, 0.5) is 0 Å². The van der Waals surface area contributed by atoms with Crippen molar-refractivity contribution < 1.29 is 19.4 Å². The molecule has 24 heavy (non-hydrogen) atoms. The fourth-order valence-electron chi connectivity index (χ4n) is 3.62. The SMILES string of the molecule is CCC1(C)CC(OC(=O)CCCCCC(=O)O)C(C)C(C)(CC)N1. The second-order valence-electron chi connectivity index (χ2n) is 7.79. The van der Waals surface area contributed by atoms with E-state index in [1.54, 1.807) is 0 Å². The predicted octanol–water partition coefficient (Wildman–Crippen LogP) is 3.90. The molecule has 1 aliphatic rings. The van der Waals surface area contributed by atoms with Crippen molar-refractivity contribution in [3.05, 3.63) is 0 Å². The van der Waals surface area contributed by atoms with Gasteiger partial charge in [-0.2, -0.15) is 0 Å². The van der Waals surface area contributed by atoms with Crippen molar-refractivity contribution in [2.75, 3.05) is 0 Å². The molecule has 5 heteroatoms. The summed E-state index contributed by atoms with van der Waals surface area (Å²) in [4.78, 5) is 22.7. The monoisotopic (exact) mass is 341 g/mol. The zero-order valence-corrected chi connectivity index (χ0v) is 16.0. The first-order valence-corrected chi connectivity index (χ1v) is 9.36. The van der Waals surface area contributed by atoms with E-state index in [-0.39, 0.29) is 35.5 Å². The van der Waals surface area contributed by atoms with Crippen molar-refractivity contribution in [2.45, 2.75) is 103 Å². The molecule has 0 radical (unpaired) electrons. The predicted molar refractivity (Wildman–Crippen MR) is 94.9 cm³/mol. The number of carboxylic acid groups (broad SMARTS) is 1. The van der Waals surface area contributed by atoms with Gasteiger partial charge < -0.3 is 15.2 Å². The Morgan fingerprint density at radius 1 is 1.12 bits per heavy atom. The first-order valence-electron chi connectivity index (χ1n) is 9.36. The third-order valence-corrected chi connectivity index (χ3v) is 5.87. The van der Waals surface area contributed by atoms with Gasteiger partial charge >= 0.3 is 11.9 Å². The molecule has 0 aliphatic carbocycles. The van der Waals surface area contributed by atoms with E-state index in [0.717, 1.165) is 25.7 Å². The number of ether oxygens (including phenoxy) is 1. The number of rotatable bonds is 9. The van der Waals surface area contributed by atoms with Crippen LogP contribution in [0.15, 0.2) is 0 Å². The molecule has 1 fully saturated rings. The Kier molecular flexibility index (Phi) is 7.71. The highest BCUT2D eigenvalue weighted by atomic mass is 16.5. The summed E-state index contributed by atoms with van der Waals surface area (Å²) in [5.74, 6) is -0.669. The fourth-order valence-corrected chi connectivity index (χ4v) is 3.62. The molecule has 0 aromatic rings. The molecule has 4 unspecified atom stereocenters. The van der Waals surface area contributed by atoms with Crippen LogP contribution in [0.2, 0.25) is 0 Å². The van der Waals surface area contributed by atoms with E-state index in [1.165, 1.54) is 0 Å². The Morgan fingerprint density at radius 3 is 2.29 bits per heavy atom. The molecule has 1 heterocycles. The molecule has 0 spiro atoms. The molecule has 0 bridgehead atoms. The second-order valence-corrected chi connectivity index (χ2v) is 7.79. The molecule has 140 valence electrons. The molecule has 0 aromatic heterocycles. The molecule has 4 atom stereocenters. The van der Waals surface area contributed by atoms with Gasteiger partial charge in [-0.05, 0) is 39.5 Å². The normalized spacial score (nSPS) is 33.2. The lowest BCUT2D eigenvalue weighted by Gasteiger charge is -2.52. The van der Waals surface area contributed by atoms with Crippen molar-refractivity contribution in [3.8, 4) is 0 Å². The van der Waals surface area contributed by atoms with E-state index in [1.807, 2.05) is 0 Å². The molecule has 1 saturated heterocycles. The highest BCUT2D eigenvalue weighted by molar-refractivity contribution is 5.69. The first-order chi connectivity index (χ1) is 11.2. The lowest BCUT2D eigenvalue weighted by molar-refractivity contribution is -0.159. The molecular formula is C19H35NO4. The number of aliphatic carboxylic acids is 1. The molecule has 1 rings (SSSR count). The quantitative estimate of drug-likeness (QED) is 0.491. The van der Waals surface area contributed by atoms with Gasteiger partial charge in [-0.1, -0.05) is 27.2 Å². The number of unbranched alkanes of at least 4 members (excludes halogenated alkanes) is 2. The first kappa shape index (κ1) is 20.9. The number of carbonyl (C=O) groups is 2. The van der Waals surface area contributed by atoms with Gasteiger partial charge in [0.2, 0.25) is 0 Å². The van der Waals surface area contributed by atoms with Crippen molar-refractivity contribution in [3.63, 3.8) is 0 Å². The van der Waals surface area contributed by atoms with Crippen LogP contribution in [0.25, 0.3) is 0 Å². The summed E-state index contributed by atoms with van der Waals surface area (Å²) >= 11 is 0. The second kappa shape index (κ2) is 8.84. The van der Waals surface area contributed by atoms with Crippen LogP contribution >= 0.6 is 0 Å². The van der Waals surface area contributed by atoms with E-state index in [9.17, 15) is 9.59 Å². The van der Waals surface area contributed by atoms with Crippen LogP contribution in [-0.4, -0.2) is 34.2 Å². The van der Waals surface area contributed by atoms with Gasteiger partial charge in [-0.3, -0.25) is 9.59 Å². The minimum atomic E-state index is -0.779. The third kappa shape index (κ3) is 5.76. The average molecular weight is 341 g/mol. The van der Waals surface area contributed by atoms with Gasteiger partial charge in [-0.25, -0.2) is 0 Å². The average Bonchev–Trinajstić information content (AvgIpc) is 2.51. The Bertz CT molecular complexity index is 439. The van der Waals surface area contributed by atoms with Crippen molar-refractivity contribution in [1.82, 2.24) is 5.32 Å². The summed E-state index contributed by atoms with van der Waals surface area (Å²) < 4.78 is 5.83. The maximum absolute atomic E-state index is 12.2. The highest BCUT2D eigenvalue weighted by Crippen LogP contribution is 2.38. The number of piperidine rings is 1. The molecule has 1 aliphatic heterocycles. The van der Waals surface area contributed by atoms with Gasteiger partial charge in [0.05, 0.1) is 0 Å². The van der Waals surface area contributed by atoms with E-state index < -0.39 is 5.97 Å². The fraction of sp³-hybridized carbons (Fsp3) is 0.895. The standard InChI is InChI=1S/C19H35NO4/c1-6-18(4)13-15(14(3)19(5,7-2)20-18)24-17(23)12-10-8-9-11-16(21)22/h14-15,20H,6-13H2,1-5H3,(H,21,22). The zero-order chi connectivity index (χ0) is 18.4. The van der Waals surface area contributed by atoms with Gasteiger partial charge in [0, 0.05) is 36.3 Å². The van der Waals surface area contributed by atoms with Gasteiger partial charge in [0.25, 0.3) is 0 Å². The van der Waals surface area contributed by atoms with Gasteiger partial charge in [0.15, 0.2) is 0 Å². The molecule has 0 saturated carbocycles. The number of carboxylic acids is 1. The molecular weight excluding hydrogens is 306 g/mol. The van der Waals surface area contributed by atoms with E-state index >= 15 is 0 Å². The summed E-state index contributed by atoms with van der Waals surface area (Å²) in [6, 6.07) is 0. The molecule has 5 nitrogen and oxygen atoms in total. The summed E-state index contributed by atoms with van der Waals surface area (Å²) in [5, 5.41) is 12.4. The summed E-state index contributed by atoms with van der Waals surface area (Å²) in [7, 11) is 0. The van der Waals surface area contributed by atoms with Crippen LogP contribution in [0.3, 0.4) is 0 Å². The summed E-state index contributed by atoms with van der Waals surface area (Å²) in [6.45, 7) is 10.9. The van der Waals surface area contributed by atoms with Crippen LogP contribution < -0.4 is 5.32 Å². The number of hydrogen-bond acceptors (Lipinski definition) is 4. The van der Waals surface area contributed by atoms with Crippen molar-refractivity contribution in [1.29, 1.82) is 0 Å². The Morgan fingerprint density at radius 2 is 1.75 bits per heavy atom. The van der Waals surface area contributed by atoms with Crippen LogP contribution in [0.5, 0.6) is 0 Å². The topological polar surface area (TPSA) is 75.6 Å². The van der Waals surface area contributed by atoms with Crippen molar-refractivity contribution >= 4 is 11.9 Å². The number of hydrogen-bond donors (Lipinski definition) is 2. The van der Waals surface area contributed by atoms with E-state index in [0.29, 0.717) is 19.3 Å². The van der Waals surface area contributed by atoms with Gasteiger partial charge in [0.1, 0.15) is 6.10 Å². The Balaban J connectivity index is 2.54. The van der Waals surface area contributed by atoms with Gasteiger partial charge in [-0.15, -0.1) is 0 Å². The zero-order valence-electron chi connectivity index (χ0n) is 16.0. The maximum atomic E-state index is 12.2. The van der Waals surface area contributed by atoms with E-state index in [4.69, 9.17) is 9.84 Å². The van der Waals surface area contributed by atoms with Crippen molar-refractivity contribution in [2.24, 2.45) is 5.92 Å². The molecule has 0 amide bonds. The maximum Gasteiger partial charge on any atom is 0.306 e. The molecule has 2 N–H and O–H groups in total. The van der Waals surface area contributed by atoms with Crippen LogP contribution in [0.1, 0.15) is 86.0 Å². The lowest BCUT2D eigenvalue weighted by atomic mass is 9.70. The third-order valence-electron chi connectivity index (χ3n) is 5.87. The molecule has 0 aromatic carbocycles. The Hall–Kier alpha value is -1.10. The summed E-state index contributed by atoms with van der Waals surface area (Å²) in [5.41, 5.74) is -0.0425. The van der Waals surface area contributed by atoms with Crippen LogP contribution in [0, 0.1) is 5.92 Å². The number of esters is 1. The number of nitrogens with one attached hydrogen (secondary N) is 1. The van der Waals surface area contributed by atoms with Crippen LogP contribution in [-0.2, 0) is 14.3 Å². The van der Waals surface area contributed by atoms with E-state index in [2.05, 4.69) is 39.9 Å². The number of carbonyl (C=O) groups excluding carboxylic acids is 1.